The topological polar surface area (TPSA) is 51.4 Å². The molecule has 2 aliphatic rings. The molecule has 2 atom stereocenters. The Morgan fingerprint density at radius 3 is 3.10 bits per heavy atom. The van der Waals surface area contributed by atoms with Crippen molar-refractivity contribution in [1.29, 1.82) is 0 Å². The van der Waals surface area contributed by atoms with Gasteiger partial charge in [-0.1, -0.05) is 34.6 Å². The van der Waals surface area contributed by atoms with E-state index in [2.05, 4.69) is 44.6 Å². The van der Waals surface area contributed by atoms with Crippen LogP contribution in [0.1, 0.15) is 25.8 Å². The van der Waals surface area contributed by atoms with E-state index in [1.54, 1.807) is 11.8 Å². The van der Waals surface area contributed by atoms with Crippen molar-refractivity contribution >= 4 is 33.5 Å². The molecule has 0 saturated carbocycles. The van der Waals surface area contributed by atoms with E-state index in [0.29, 0.717) is 0 Å². The summed E-state index contributed by atoms with van der Waals surface area (Å²) in [5.41, 5.74) is 0.793. The van der Waals surface area contributed by atoms with E-state index in [0.717, 1.165) is 54.6 Å². The smallest absolute Gasteiger partial charge is 0.284 e. The van der Waals surface area contributed by atoms with Gasteiger partial charge in [-0.2, -0.15) is 4.98 Å². The van der Waals surface area contributed by atoms with E-state index >= 15 is 0 Å². The Balaban J connectivity index is 1.99. The molecular formula is C13H20BrN4OS+. The van der Waals surface area contributed by atoms with Gasteiger partial charge in [-0.15, -0.1) is 0 Å². The van der Waals surface area contributed by atoms with Crippen LogP contribution >= 0.6 is 27.7 Å². The second kappa shape index (κ2) is 5.35. The van der Waals surface area contributed by atoms with Crippen molar-refractivity contribution in [3.8, 4) is 0 Å². The minimum Gasteiger partial charge on any atom is -0.324 e. The standard InChI is InChI=1S/C13H19BrN4OS/c1-3-4-17-5-9-10(15-8-17)18-7-13(2,6-14)20-12(18)16-11(9)19/h15H,3-8H2,1-2H3/p+1/t13-/m0/s1. The maximum atomic E-state index is 12.3. The van der Waals surface area contributed by atoms with Crippen molar-refractivity contribution in [2.24, 2.45) is 0 Å². The average Bonchev–Trinajstić information content (AvgIpc) is 2.77. The summed E-state index contributed by atoms with van der Waals surface area (Å²) >= 11 is 5.27. The number of alkyl halides is 1. The SMILES string of the molecule is CCC[NH+]1CNc2c(c(=O)nc3n2C[C@](C)(CBr)S3)C1. The molecule has 0 aromatic carbocycles. The van der Waals surface area contributed by atoms with E-state index in [4.69, 9.17) is 0 Å². The number of hydrogen-bond donors (Lipinski definition) is 2. The molecule has 20 heavy (non-hydrogen) atoms. The first-order valence-electron chi connectivity index (χ1n) is 7.02. The molecule has 1 aromatic rings. The van der Waals surface area contributed by atoms with Crippen LogP contribution in [0, 0.1) is 0 Å². The molecular weight excluding hydrogens is 340 g/mol. The van der Waals surface area contributed by atoms with Gasteiger partial charge >= 0.3 is 0 Å². The first kappa shape index (κ1) is 14.4. The van der Waals surface area contributed by atoms with E-state index in [1.807, 2.05) is 0 Å². The van der Waals surface area contributed by atoms with Crippen LogP contribution in [0.4, 0.5) is 5.82 Å². The minimum atomic E-state index is -0.0571. The Hall–Kier alpha value is -0.530. The summed E-state index contributed by atoms with van der Waals surface area (Å²) < 4.78 is 2.27. The number of nitrogens with one attached hydrogen (secondary N) is 2. The van der Waals surface area contributed by atoms with Crippen LogP contribution < -0.4 is 15.8 Å². The Labute approximate surface area is 131 Å². The van der Waals surface area contributed by atoms with Gasteiger partial charge in [-0.25, -0.2) is 0 Å². The van der Waals surface area contributed by atoms with Gasteiger partial charge < -0.3 is 14.8 Å². The lowest BCUT2D eigenvalue weighted by molar-refractivity contribution is -0.912. The molecule has 1 aromatic heterocycles. The lowest BCUT2D eigenvalue weighted by Gasteiger charge is -2.28. The van der Waals surface area contributed by atoms with Crippen molar-refractivity contribution in [2.75, 3.05) is 23.9 Å². The maximum absolute atomic E-state index is 12.3. The van der Waals surface area contributed by atoms with Crippen LogP contribution in [0.15, 0.2) is 9.95 Å². The third-order valence-electron chi connectivity index (χ3n) is 3.89. The fourth-order valence-electron chi connectivity index (χ4n) is 2.87. The highest BCUT2D eigenvalue weighted by Crippen LogP contribution is 2.42. The number of hydrogen-bond acceptors (Lipinski definition) is 4. The highest BCUT2D eigenvalue weighted by atomic mass is 79.9. The van der Waals surface area contributed by atoms with E-state index in [1.165, 1.54) is 4.90 Å². The molecule has 2 aliphatic heterocycles. The molecule has 0 bridgehead atoms. The Kier molecular flexibility index (Phi) is 3.85. The zero-order valence-electron chi connectivity index (χ0n) is 11.8. The van der Waals surface area contributed by atoms with Gasteiger partial charge in [-0.05, 0) is 13.3 Å². The lowest BCUT2D eigenvalue weighted by Crippen LogP contribution is -3.12. The molecule has 1 unspecified atom stereocenters. The molecule has 3 rings (SSSR count). The van der Waals surface area contributed by atoms with Gasteiger partial charge in [0.25, 0.3) is 5.56 Å². The maximum Gasteiger partial charge on any atom is 0.284 e. The first-order valence-corrected chi connectivity index (χ1v) is 8.96. The van der Waals surface area contributed by atoms with Crippen molar-refractivity contribution in [2.45, 2.75) is 43.3 Å². The quantitative estimate of drug-likeness (QED) is 0.615. The Morgan fingerprint density at radius 1 is 1.60 bits per heavy atom. The second-order valence-corrected chi connectivity index (χ2v) is 7.94. The summed E-state index contributed by atoms with van der Waals surface area (Å²) in [7, 11) is 0. The molecule has 0 saturated heterocycles. The molecule has 7 heteroatoms. The zero-order valence-corrected chi connectivity index (χ0v) is 14.2. The van der Waals surface area contributed by atoms with Crippen LogP contribution in [0.3, 0.4) is 0 Å². The molecule has 110 valence electrons. The summed E-state index contributed by atoms with van der Waals surface area (Å²) in [5, 5.41) is 5.20. The van der Waals surface area contributed by atoms with Crippen LogP contribution in [-0.4, -0.2) is 32.8 Å². The summed E-state index contributed by atoms with van der Waals surface area (Å²) in [4.78, 5) is 18.0. The normalized spacial score (nSPS) is 27.9. The highest BCUT2D eigenvalue weighted by molar-refractivity contribution is 9.09. The van der Waals surface area contributed by atoms with Crippen LogP contribution in [-0.2, 0) is 13.1 Å². The van der Waals surface area contributed by atoms with Crippen molar-refractivity contribution in [3.05, 3.63) is 15.9 Å². The Bertz CT molecular complexity index is 590. The fraction of sp³-hybridized carbons (Fsp3) is 0.692. The van der Waals surface area contributed by atoms with E-state index in [9.17, 15) is 4.79 Å². The van der Waals surface area contributed by atoms with E-state index in [-0.39, 0.29) is 10.3 Å². The van der Waals surface area contributed by atoms with Gasteiger partial charge in [-0.3, -0.25) is 4.79 Å². The summed E-state index contributed by atoms with van der Waals surface area (Å²) in [6.45, 7) is 8.03. The summed E-state index contributed by atoms with van der Waals surface area (Å²) in [6, 6.07) is 0. The number of halogens is 1. The highest BCUT2D eigenvalue weighted by Gasteiger charge is 2.37. The van der Waals surface area contributed by atoms with Crippen molar-refractivity contribution < 1.29 is 4.90 Å². The van der Waals surface area contributed by atoms with Gasteiger partial charge in [0.05, 0.1) is 6.54 Å². The number of nitrogens with zero attached hydrogens (tertiary/aromatic N) is 2. The molecule has 5 nitrogen and oxygen atoms in total. The number of quaternary nitrogens is 1. The van der Waals surface area contributed by atoms with Gasteiger partial charge in [0.1, 0.15) is 17.9 Å². The zero-order chi connectivity index (χ0) is 14.3. The molecule has 0 spiro atoms. The van der Waals surface area contributed by atoms with Gasteiger partial charge in [0.2, 0.25) is 0 Å². The molecule has 0 fully saturated rings. The number of aromatic nitrogens is 2. The van der Waals surface area contributed by atoms with Gasteiger partial charge in [0.15, 0.2) is 11.8 Å². The number of anilines is 1. The summed E-state index contributed by atoms with van der Waals surface area (Å²) in [5.74, 6) is 0.997. The largest absolute Gasteiger partial charge is 0.324 e. The molecule has 2 N–H and O–H groups in total. The van der Waals surface area contributed by atoms with Crippen LogP contribution in [0.2, 0.25) is 0 Å². The van der Waals surface area contributed by atoms with Crippen LogP contribution in [0.25, 0.3) is 0 Å². The number of rotatable bonds is 3. The molecule has 0 radical (unpaired) electrons. The predicted molar refractivity (Wildman–Crippen MR) is 84.9 cm³/mol. The van der Waals surface area contributed by atoms with Gasteiger partial charge in [0, 0.05) is 16.6 Å². The minimum absolute atomic E-state index is 0.0571. The summed E-state index contributed by atoms with van der Waals surface area (Å²) in [6.07, 6.45) is 1.13. The van der Waals surface area contributed by atoms with Crippen LogP contribution in [0.5, 0.6) is 0 Å². The monoisotopic (exact) mass is 359 g/mol. The molecule has 0 aliphatic carbocycles. The number of fused-ring (bicyclic) bond motifs is 3. The van der Waals surface area contributed by atoms with Crippen molar-refractivity contribution in [3.63, 3.8) is 0 Å². The molecule has 0 amide bonds. The van der Waals surface area contributed by atoms with E-state index < -0.39 is 0 Å². The Morgan fingerprint density at radius 2 is 2.40 bits per heavy atom. The lowest BCUT2D eigenvalue weighted by atomic mass is 10.2. The first-order chi connectivity index (χ1) is 9.56. The number of thioether (sulfide) groups is 1. The third-order valence-corrected chi connectivity index (χ3v) is 6.76. The van der Waals surface area contributed by atoms with Crippen molar-refractivity contribution in [1.82, 2.24) is 9.55 Å². The average molecular weight is 360 g/mol. The third kappa shape index (κ3) is 2.40. The second-order valence-electron chi connectivity index (χ2n) is 5.83. The predicted octanol–water partition coefficient (Wildman–Crippen LogP) is 0.680. The fourth-order valence-corrected chi connectivity index (χ4v) is 4.47. The molecule has 3 heterocycles.